The van der Waals surface area contributed by atoms with Gasteiger partial charge >= 0.3 is 0 Å². The third-order valence-corrected chi connectivity index (χ3v) is 2.67. The highest BCUT2D eigenvalue weighted by atomic mass is 16.5. The van der Waals surface area contributed by atoms with Crippen LogP contribution in [0, 0.1) is 0 Å². The molecule has 1 aromatic carbocycles. The van der Waals surface area contributed by atoms with E-state index in [1.807, 2.05) is 38.4 Å². The molecule has 94 valence electrons. The molecule has 17 heavy (non-hydrogen) atoms. The Balaban J connectivity index is 2.78. The number of likely N-dealkylation sites (N-methyl/N-ethyl adjacent to an activating group) is 1. The van der Waals surface area contributed by atoms with Gasteiger partial charge in [0.25, 0.3) is 0 Å². The lowest BCUT2D eigenvalue weighted by Crippen LogP contribution is -2.33. The summed E-state index contributed by atoms with van der Waals surface area (Å²) in [7, 11) is 5.64. The minimum absolute atomic E-state index is 0.00892. The monoisotopic (exact) mass is 236 g/mol. The van der Waals surface area contributed by atoms with Crippen molar-refractivity contribution in [1.82, 2.24) is 10.2 Å². The number of methoxy groups -OCH3 is 1. The molecule has 0 aliphatic heterocycles. The summed E-state index contributed by atoms with van der Waals surface area (Å²) in [6, 6.07) is 8.07. The van der Waals surface area contributed by atoms with Gasteiger partial charge in [0.05, 0.1) is 13.2 Å². The Morgan fingerprint density at radius 1 is 1.35 bits per heavy atom. The molecular formula is C13H20N2O2. The van der Waals surface area contributed by atoms with Crippen LogP contribution >= 0.6 is 0 Å². The van der Waals surface area contributed by atoms with Gasteiger partial charge in [-0.15, -0.1) is 0 Å². The van der Waals surface area contributed by atoms with Gasteiger partial charge in [-0.25, -0.2) is 0 Å². The van der Waals surface area contributed by atoms with E-state index in [2.05, 4.69) is 10.2 Å². The van der Waals surface area contributed by atoms with Crippen LogP contribution in [0.2, 0.25) is 0 Å². The summed E-state index contributed by atoms with van der Waals surface area (Å²) in [6.45, 7) is 2.13. The Bertz CT molecular complexity index is 360. The molecule has 0 aliphatic rings. The van der Waals surface area contributed by atoms with Crippen LogP contribution in [0.5, 0.6) is 5.75 Å². The molecule has 0 heterocycles. The summed E-state index contributed by atoms with van der Waals surface area (Å²) in [5.74, 6) is 0.830. The molecule has 1 aromatic rings. The molecule has 0 aliphatic carbocycles. The SMILES string of the molecule is COc1ccc(C(CNC(C)=O)N(C)C)cc1. The fraction of sp³-hybridized carbons (Fsp3) is 0.462. The minimum Gasteiger partial charge on any atom is -0.497 e. The van der Waals surface area contributed by atoms with Crippen molar-refractivity contribution >= 4 is 5.91 Å². The van der Waals surface area contributed by atoms with Crippen molar-refractivity contribution in [2.45, 2.75) is 13.0 Å². The van der Waals surface area contributed by atoms with E-state index >= 15 is 0 Å². The van der Waals surface area contributed by atoms with Gasteiger partial charge in [-0.05, 0) is 31.8 Å². The second-order valence-electron chi connectivity index (χ2n) is 4.19. The number of carbonyl (C=O) groups is 1. The van der Waals surface area contributed by atoms with Crippen LogP contribution in [0.4, 0.5) is 0 Å². The molecule has 1 rings (SSSR count). The zero-order valence-electron chi connectivity index (χ0n) is 10.9. The molecule has 0 spiro atoms. The van der Waals surface area contributed by atoms with Crippen molar-refractivity contribution < 1.29 is 9.53 Å². The Morgan fingerprint density at radius 3 is 2.35 bits per heavy atom. The molecule has 4 nitrogen and oxygen atoms in total. The maximum absolute atomic E-state index is 11.0. The summed E-state index contributed by atoms with van der Waals surface area (Å²) < 4.78 is 5.12. The van der Waals surface area contributed by atoms with Gasteiger partial charge in [0.2, 0.25) is 5.91 Å². The number of amides is 1. The van der Waals surface area contributed by atoms with Gasteiger partial charge in [0.15, 0.2) is 0 Å². The van der Waals surface area contributed by atoms with E-state index in [1.54, 1.807) is 7.11 Å². The molecule has 1 atom stereocenters. The molecule has 1 unspecified atom stereocenters. The highest BCUT2D eigenvalue weighted by molar-refractivity contribution is 5.72. The number of rotatable bonds is 5. The van der Waals surface area contributed by atoms with Crippen molar-refractivity contribution in [3.05, 3.63) is 29.8 Å². The third-order valence-electron chi connectivity index (χ3n) is 2.67. The Labute approximate surface area is 103 Å². The van der Waals surface area contributed by atoms with E-state index < -0.39 is 0 Å². The molecule has 0 radical (unpaired) electrons. The van der Waals surface area contributed by atoms with Crippen molar-refractivity contribution in [1.29, 1.82) is 0 Å². The first kappa shape index (κ1) is 13.5. The minimum atomic E-state index is -0.00892. The molecular weight excluding hydrogens is 216 g/mol. The van der Waals surface area contributed by atoms with Crippen molar-refractivity contribution in [2.75, 3.05) is 27.7 Å². The number of hydrogen-bond donors (Lipinski definition) is 1. The Hall–Kier alpha value is -1.55. The second-order valence-corrected chi connectivity index (χ2v) is 4.19. The predicted octanol–water partition coefficient (Wildman–Crippen LogP) is 1.43. The maximum atomic E-state index is 11.0. The number of hydrogen-bond acceptors (Lipinski definition) is 3. The van der Waals surface area contributed by atoms with Gasteiger partial charge < -0.3 is 15.0 Å². The summed E-state index contributed by atoms with van der Waals surface area (Å²) in [5.41, 5.74) is 1.16. The largest absolute Gasteiger partial charge is 0.497 e. The average Bonchev–Trinajstić information content (AvgIpc) is 2.29. The molecule has 1 amide bonds. The number of nitrogens with zero attached hydrogens (tertiary/aromatic N) is 1. The van der Waals surface area contributed by atoms with Gasteiger partial charge in [0.1, 0.15) is 5.75 Å². The van der Waals surface area contributed by atoms with Crippen LogP contribution in [-0.2, 0) is 4.79 Å². The molecule has 4 heteroatoms. The molecule has 0 fully saturated rings. The van der Waals surface area contributed by atoms with Gasteiger partial charge in [-0.3, -0.25) is 4.79 Å². The molecule has 0 saturated heterocycles. The van der Waals surface area contributed by atoms with Crippen LogP contribution in [0.25, 0.3) is 0 Å². The molecule has 0 saturated carbocycles. The lowest BCUT2D eigenvalue weighted by atomic mass is 10.1. The van der Waals surface area contributed by atoms with Gasteiger partial charge in [-0.1, -0.05) is 12.1 Å². The summed E-state index contributed by atoms with van der Waals surface area (Å²) in [5, 5.41) is 2.84. The first-order valence-corrected chi connectivity index (χ1v) is 5.59. The van der Waals surface area contributed by atoms with Crippen LogP contribution < -0.4 is 10.1 Å². The first-order chi connectivity index (χ1) is 8.04. The second kappa shape index (κ2) is 6.25. The van der Waals surface area contributed by atoms with Crippen LogP contribution in [0.1, 0.15) is 18.5 Å². The summed E-state index contributed by atoms with van der Waals surface area (Å²) in [4.78, 5) is 13.0. The summed E-state index contributed by atoms with van der Waals surface area (Å²) in [6.07, 6.45) is 0. The lowest BCUT2D eigenvalue weighted by molar-refractivity contribution is -0.119. The highest BCUT2D eigenvalue weighted by Gasteiger charge is 2.14. The topological polar surface area (TPSA) is 41.6 Å². The number of carbonyl (C=O) groups excluding carboxylic acids is 1. The van der Waals surface area contributed by atoms with E-state index in [1.165, 1.54) is 6.92 Å². The van der Waals surface area contributed by atoms with Crippen molar-refractivity contribution in [2.24, 2.45) is 0 Å². The standard InChI is InChI=1S/C13H20N2O2/c1-10(16)14-9-13(15(2)3)11-5-7-12(17-4)8-6-11/h5-8,13H,9H2,1-4H3,(H,14,16). The smallest absolute Gasteiger partial charge is 0.216 e. The lowest BCUT2D eigenvalue weighted by Gasteiger charge is -2.25. The van der Waals surface area contributed by atoms with Gasteiger partial charge in [0, 0.05) is 13.5 Å². The van der Waals surface area contributed by atoms with Crippen molar-refractivity contribution in [3.63, 3.8) is 0 Å². The van der Waals surface area contributed by atoms with E-state index in [0.29, 0.717) is 6.54 Å². The zero-order valence-corrected chi connectivity index (χ0v) is 10.9. The molecule has 0 bridgehead atoms. The van der Waals surface area contributed by atoms with E-state index in [9.17, 15) is 4.79 Å². The van der Waals surface area contributed by atoms with Gasteiger partial charge in [-0.2, -0.15) is 0 Å². The zero-order chi connectivity index (χ0) is 12.8. The van der Waals surface area contributed by atoms with Crippen LogP contribution in [0.3, 0.4) is 0 Å². The first-order valence-electron chi connectivity index (χ1n) is 5.59. The van der Waals surface area contributed by atoms with Crippen LogP contribution in [0.15, 0.2) is 24.3 Å². The summed E-state index contributed by atoms with van der Waals surface area (Å²) >= 11 is 0. The van der Waals surface area contributed by atoms with Crippen LogP contribution in [-0.4, -0.2) is 38.6 Å². The van der Waals surface area contributed by atoms with E-state index in [4.69, 9.17) is 4.74 Å². The normalized spacial score (nSPS) is 12.3. The van der Waals surface area contributed by atoms with E-state index in [0.717, 1.165) is 11.3 Å². The van der Waals surface area contributed by atoms with E-state index in [-0.39, 0.29) is 11.9 Å². The Kier molecular flexibility index (Phi) is 4.97. The number of benzene rings is 1. The third kappa shape index (κ3) is 4.07. The molecule has 1 N–H and O–H groups in total. The molecule has 0 aromatic heterocycles. The Morgan fingerprint density at radius 2 is 1.94 bits per heavy atom. The van der Waals surface area contributed by atoms with Crippen molar-refractivity contribution in [3.8, 4) is 5.75 Å². The quantitative estimate of drug-likeness (QED) is 0.841. The highest BCUT2D eigenvalue weighted by Crippen LogP contribution is 2.20. The maximum Gasteiger partial charge on any atom is 0.216 e. The fourth-order valence-corrected chi connectivity index (χ4v) is 1.67. The fourth-order valence-electron chi connectivity index (χ4n) is 1.67. The average molecular weight is 236 g/mol. The number of ether oxygens (including phenoxy) is 1. The predicted molar refractivity (Wildman–Crippen MR) is 68.1 cm³/mol. The number of nitrogens with one attached hydrogen (secondary N) is 1.